The summed E-state index contributed by atoms with van der Waals surface area (Å²) in [5.41, 5.74) is 0.816. The average molecular weight is 271 g/mol. The molecule has 19 heavy (non-hydrogen) atoms. The van der Waals surface area contributed by atoms with E-state index in [1.807, 2.05) is 0 Å². The van der Waals surface area contributed by atoms with E-state index in [9.17, 15) is 8.78 Å². The van der Waals surface area contributed by atoms with Gasteiger partial charge in [-0.05, 0) is 18.9 Å². The van der Waals surface area contributed by atoms with Crippen molar-refractivity contribution in [2.45, 2.75) is 31.9 Å². The molecular formula is C13H15F2NO3. The quantitative estimate of drug-likeness (QED) is 0.862. The standard InChI is InChI=1S/C13H15F2NO3/c14-13(15)6-17-10-4-12-11(18-7-19-12)3-8(10)5-16-9-1-2-9/h3-4,9,13,16H,1-2,5-7H2. The predicted molar refractivity (Wildman–Crippen MR) is 63.9 cm³/mol. The molecule has 6 heteroatoms. The van der Waals surface area contributed by atoms with Gasteiger partial charge in [-0.1, -0.05) is 0 Å². The van der Waals surface area contributed by atoms with Gasteiger partial charge in [-0.3, -0.25) is 0 Å². The molecule has 0 spiro atoms. The first kappa shape index (κ1) is 12.5. The van der Waals surface area contributed by atoms with Gasteiger partial charge in [-0.15, -0.1) is 0 Å². The van der Waals surface area contributed by atoms with E-state index in [1.165, 1.54) is 0 Å². The Hall–Kier alpha value is -1.56. The first-order valence-electron chi connectivity index (χ1n) is 6.29. The maximum absolute atomic E-state index is 12.3. The molecule has 0 bridgehead atoms. The number of hydrogen-bond acceptors (Lipinski definition) is 4. The Morgan fingerprint density at radius 1 is 1.26 bits per heavy atom. The molecule has 0 radical (unpaired) electrons. The van der Waals surface area contributed by atoms with Gasteiger partial charge in [0.15, 0.2) is 11.5 Å². The fraction of sp³-hybridized carbons (Fsp3) is 0.538. The van der Waals surface area contributed by atoms with Crippen LogP contribution in [0.3, 0.4) is 0 Å². The summed E-state index contributed by atoms with van der Waals surface area (Å²) in [6.45, 7) is 0.124. The van der Waals surface area contributed by atoms with E-state index < -0.39 is 13.0 Å². The molecule has 0 atom stereocenters. The van der Waals surface area contributed by atoms with Crippen molar-refractivity contribution in [1.82, 2.24) is 5.32 Å². The number of ether oxygens (including phenoxy) is 3. The van der Waals surface area contributed by atoms with E-state index in [0.717, 1.165) is 18.4 Å². The Kier molecular flexibility index (Phi) is 3.42. The lowest BCUT2D eigenvalue weighted by atomic mass is 10.1. The lowest BCUT2D eigenvalue weighted by Gasteiger charge is -2.13. The average Bonchev–Trinajstić information content (AvgIpc) is 3.10. The van der Waals surface area contributed by atoms with Gasteiger partial charge in [-0.25, -0.2) is 8.78 Å². The number of fused-ring (bicyclic) bond motifs is 1. The molecule has 0 saturated heterocycles. The Morgan fingerprint density at radius 3 is 2.68 bits per heavy atom. The highest BCUT2D eigenvalue weighted by atomic mass is 19.3. The summed E-state index contributed by atoms with van der Waals surface area (Å²) in [5.74, 6) is 1.61. The third kappa shape index (κ3) is 3.07. The van der Waals surface area contributed by atoms with Crippen LogP contribution < -0.4 is 19.5 Å². The fourth-order valence-electron chi connectivity index (χ4n) is 1.93. The summed E-state index contributed by atoms with van der Waals surface area (Å²) in [5, 5.41) is 3.33. The first-order chi connectivity index (χ1) is 9.22. The summed E-state index contributed by atoms with van der Waals surface area (Å²) in [7, 11) is 0. The molecule has 0 unspecified atom stereocenters. The largest absolute Gasteiger partial charge is 0.487 e. The van der Waals surface area contributed by atoms with Crippen LogP contribution in [-0.2, 0) is 6.54 Å². The summed E-state index contributed by atoms with van der Waals surface area (Å²) >= 11 is 0. The minimum atomic E-state index is -2.49. The summed E-state index contributed by atoms with van der Waals surface area (Å²) < 4.78 is 40.2. The smallest absolute Gasteiger partial charge is 0.272 e. The van der Waals surface area contributed by atoms with Gasteiger partial charge in [0, 0.05) is 24.2 Å². The van der Waals surface area contributed by atoms with Crippen LogP contribution in [0.15, 0.2) is 12.1 Å². The maximum atomic E-state index is 12.3. The number of rotatable bonds is 6. The number of halogens is 2. The lowest BCUT2D eigenvalue weighted by Crippen LogP contribution is -2.17. The van der Waals surface area contributed by atoms with Crippen LogP contribution in [0.1, 0.15) is 18.4 Å². The monoisotopic (exact) mass is 271 g/mol. The maximum Gasteiger partial charge on any atom is 0.272 e. The zero-order valence-electron chi connectivity index (χ0n) is 10.3. The molecule has 1 heterocycles. The molecule has 1 fully saturated rings. The molecule has 1 aliphatic heterocycles. The summed E-state index contributed by atoms with van der Waals surface area (Å²) in [6.07, 6.45) is -0.162. The second kappa shape index (κ2) is 5.21. The van der Waals surface area contributed by atoms with Crippen molar-refractivity contribution in [3.8, 4) is 17.2 Å². The van der Waals surface area contributed by atoms with E-state index in [-0.39, 0.29) is 6.79 Å². The molecule has 1 aromatic carbocycles. The first-order valence-corrected chi connectivity index (χ1v) is 6.29. The van der Waals surface area contributed by atoms with Crippen molar-refractivity contribution in [2.24, 2.45) is 0 Å². The van der Waals surface area contributed by atoms with E-state index in [4.69, 9.17) is 14.2 Å². The number of hydrogen-bond donors (Lipinski definition) is 1. The molecule has 1 N–H and O–H groups in total. The molecule has 1 aromatic rings. The van der Waals surface area contributed by atoms with Crippen LogP contribution in [-0.4, -0.2) is 25.9 Å². The van der Waals surface area contributed by atoms with E-state index in [0.29, 0.717) is 29.8 Å². The second-order valence-electron chi connectivity index (χ2n) is 4.67. The van der Waals surface area contributed by atoms with Crippen molar-refractivity contribution in [2.75, 3.05) is 13.4 Å². The molecule has 0 aromatic heterocycles. The molecule has 3 rings (SSSR count). The normalized spacial score (nSPS) is 17.0. The van der Waals surface area contributed by atoms with Gasteiger partial charge < -0.3 is 19.5 Å². The Labute approximate surface area is 109 Å². The van der Waals surface area contributed by atoms with Crippen molar-refractivity contribution in [3.05, 3.63) is 17.7 Å². The van der Waals surface area contributed by atoms with Crippen LogP contribution in [0.25, 0.3) is 0 Å². The van der Waals surface area contributed by atoms with Crippen molar-refractivity contribution in [3.63, 3.8) is 0 Å². The number of nitrogens with one attached hydrogen (secondary N) is 1. The summed E-state index contributed by atoms with van der Waals surface area (Å²) in [6, 6.07) is 3.95. The lowest BCUT2D eigenvalue weighted by molar-refractivity contribution is 0.0812. The highest BCUT2D eigenvalue weighted by molar-refractivity contribution is 5.51. The predicted octanol–water partition coefficient (Wildman–Crippen LogP) is 2.31. The zero-order valence-corrected chi connectivity index (χ0v) is 10.3. The Morgan fingerprint density at radius 2 is 2.00 bits per heavy atom. The van der Waals surface area contributed by atoms with Crippen molar-refractivity contribution >= 4 is 0 Å². The topological polar surface area (TPSA) is 39.7 Å². The van der Waals surface area contributed by atoms with Crippen LogP contribution in [0.4, 0.5) is 8.78 Å². The van der Waals surface area contributed by atoms with Crippen molar-refractivity contribution in [1.29, 1.82) is 0 Å². The van der Waals surface area contributed by atoms with Gasteiger partial charge in [-0.2, -0.15) is 0 Å². The highest BCUT2D eigenvalue weighted by Gasteiger charge is 2.23. The third-order valence-electron chi connectivity index (χ3n) is 3.08. The van der Waals surface area contributed by atoms with Gasteiger partial charge in [0.05, 0.1) is 0 Å². The minimum Gasteiger partial charge on any atom is -0.487 e. The molecule has 2 aliphatic rings. The molecule has 0 amide bonds. The minimum absolute atomic E-state index is 0.156. The number of alkyl halides is 2. The molecule has 4 nitrogen and oxygen atoms in total. The Balaban J connectivity index is 1.76. The molecule has 1 saturated carbocycles. The molecule has 104 valence electrons. The summed E-state index contributed by atoms with van der Waals surface area (Å²) in [4.78, 5) is 0. The van der Waals surface area contributed by atoms with Crippen LogP contribution in [0, 0.1) is 0 Å². The van der Waals surface area contributed by atoms with E-state index >= 15 is 0 Å². The van der Waals surface area contributed by atoms with Crippen LogP contribution in [0.2, 0.25) is 0 Å². The van der Waals surface area contributed by atoms with Gasteiger partial charge in [0.1, 0.15) is 12.4 Å². The zero-order chi connectivity index (χ0) is 13.2. The van der Waals surface area contributed by atoms with Gasteiger partial charge >= 0.3 is 0 Å². The fourth-order valence-corrected chi connectivity index (χ4v) is 1.93. The Bertz CT molecular complexity index is 430. The molecule has 1 aliphatic carbocycles. The van der Waals surface area contributed by atoms with Crippen LogP contribution in [0.5, 0.6) is 17.2 Å². The molecular weight excluding hydrogens is 256 g/mol. The van der Waals surface area contributed by atoms with Gasteiger partial charge in [0.25, 0.3) is 6.43 Å². The highest BCUT2D eigenvalue weighted by Crippen LogP contribution is 2.38. The van der Waals surface area contributed by atoms with Gasteiger partial charge in [0.2, 0.25) is 6.79 Å². The van der Waals surface area contributed by atoms with E-state index in [1.54, 1.807) is 12.1 Å². The van der Waals surface area contributed by atoms with Crippen LogP contribution >= 0.6 is 0 Å². The van der Waals surface area contributed by atoms with E-state index in [2.05, 4.69) is 5.32 Å². The number of benzene rings is 1. The SMILES string of the molecule is FC(F)COc1cc2c(cc1CNC1CC1)OCO2. The van der Waals surface area contributed by atoms with Crippen molar-refractivity contribution < 1.29 is 23.0 Å². The second-order valence-corrected chi connectivity index (χ2v) is 4.67. The third-order valence-corrected chi connectivity index (χ3v) is 3.08.